The maximum Gasteiger partial charge on any atom is 0.317 e. The SMILES string of the molecule is O=C(O)CN(CC(=O)O)C1CCCc2sccc21. The van der Waals surface area contributed by atoms with E-state index in [1.807, 2.05) is 11.4 Å². The zero-order chi connectivity index (χ0) is 13.1. The van der Waals surface area contributed by atoms with Crippen LogP contribution in [-0.4, -0.2) is 40.1 Å². The van der Waals surface area contributed by atoms with Gasteiger partial charge >= 0.3 is 11.9 Å². The van der Waals surface area contributed by atoms with E-state index in [-0.39, 0.29) is 19.1 Å². The van der Waals surface area contributed by atoms with Crippen molar-refractivity contribution in [2.75, 3.05) is 13.1 Å². The number of nitrogens with zero attached hydrogens (tertiary/aromatic N) is 1. The number of carboxylic acid groups (broad SMARTS) is 2. The first-order chi connectivity index (χ1) is 8.58. The normalized spacial score (nSPS) is 18.6. The molecule has 6 heteroatoms. The van der Waals surface area contributed by atoms with Gasteiger partial charge in [-0.2, -0.15) is 0 Å². The fourth-order valence-electron chi connectivity index (χ4n) is 2.47. The van der Waals surface area contributed by atoms with Gasteiger partial charge in [0.25, 0.3) is 0 Å². The van der Waals surface area contributed by atoms with E-state index >= 15 is 0 Å². The zero-order valence-electron chi connectivity index (χ0n) is 9.83. The van der Waals surface area contributed by atoms with Crippen LogP contribution < -0.4 is 0 Å². The molecule has 18 heavy (non-hydrogen) atoms. The van der Waals surface area contributed by atoms with Crippen LogP contribution >= 0.6 is 11.3 Å². The van der Waals surface area contributed by atoms with Gasteiger partial charge in [0, 0.05) is 10.9 Å². The van der Waals surface area contributed by atoms with Crippen LogP contribution in [0.15, 0.2) is 11.4 Å². The number of aryl methyl sites for hydroxylation is 1. The Labute approximate surface area is 109 Å². The van der Waals surface area contributed by atoms with Crippen molar-refractivity contribution in [2.45, 2.75) is 25.3 Å². The predicted octanol–water partition coefficient (Wildman–Crippen LogP) is 1.60. The van der Waals surface area contributed by atoms with Crippen molar-refractivity contribution in [1.82, 2.24) is 4.90 Å². The van der Waals surface area contributed by atoms with Crippen LogP contribution in [0.5, 0.6) is 0 Å². The Morgan fingerprint density at radius 1 is 1.33 bits per heavy atom. The molecule has 1 unspecified atom stereocenters. The van der Waals surface area contributed by atoms with Gasteiger partial charge in [0.15, 0.2) is 0 Å². The standard InChI is InChI=1S/C12H15NO4S/c14-11(15)6-13(7-12(16)17)9-2-1-3-10-8(9)4-5-18-10/h4-5,9H,1-3,6-7H2,(H,14,15)(H,16,17). The highest BCUT2D eigenvalue weighted by Crippen LogP contribution is 2.36. The lowest BCUT2D eigenvalue weighted by Crippen LogP contribution is -2.38. The first-order valence-electron chi connectivity index (χ1n) is 5.82. The van der Waals surface area contributed by atoms with E-state index < -0.39 is 11.9 Å². The molecule has 1 aromatic heterocycles. The van der Waals surface area contributed by atoms with Crippen molar-refractivity contribution in [2.24, 2.45) is 0 Å². The summed E-state index contributed by atoms with van der Waals surface area (Å²) in [6, 6.07) is 1.91. The van der Waals surface area contributed by atoms with Crippen molar-refractivity contribution in [1.29, 1.82) is 0 Å². The van der Waals surface area contributed by atoms with Crippen LogP contribution in [0.1, 0.15) is 29.3 Å². The van der Waals surface area contributed by atoms with Gasteiger partial charge in [0.05, 0.1) is 13.1 Å². The summed E-state index contributed by atoms with van der Waals surface area (Å²) in [7, 11) is 0. The van der Waals surface area contributed by atoms with Gasteiger partial charge < -0.3 is 10.2 Å². The van der Waals surface area contributed by atoms with E-state index in [1.54, 1.807) is 11.3 Å². The number of carbonyl (C=O) groups is 2. The van der Waals surface area contributed by atoms with Crippen molar-refractivity contribution in [3.05, 3.63) is 21.9 Å². The molecule has 5 nitrogen and oxygen atoms in total. The van der Waals surface area contributed by atoms with Gasteiger partial charge in [-0.05, 0) is 36.3 Å². The highest BCUT2D eigenvalue weighted by atomic mass is 32.1. The minimum Gasteiger partial charge on any atom is -0.480 e. The number of fused-ring (bicyclic) bond motifs is 1. The highest BCUT2D eigenvalue weighted by molar-refractivity contribution is 7.10. The van der Waals surface area contributed by atoms with Crippen LogP contribution in [0.25, 0.3) is 0 Å². The van der Waals surface area contributed by atoms with E-state index in [9.17, 15) is 9.59 Å². The van der Waals surface area contributed by atoms with Crippen LogP contribution in [0.4, 0.5) is 0 Å². The topological polar surface area (TPSA) is 77.8 Å². The second-order valence-electron chi connectivity index (χ2n) is 4.40. The second-order valence-corrected chi connectivity index (χ2v) is 5.40. The van der Waals surface area contributed by atoms with Crippen molar-refractivity contribution >= 4 is 23.3 Å². The average Bonchev–Trinajstić information content (AvgIpc) is 2.74. The minimum atomic E-state index is -0.987. The fraction of sp³-hybridized carbons (Fsp3) is 0.500. The van der Waals surface area contributed by atoms with Crippen LogP contribution in [-0.2, 0) is 16.0 Å². The van der Waals surface area contributed by atoms with E-state index in [0.717, 1.165) is 24.8 Å². The molecule has 0 aromatic carbocycles. The van der Waals surface area contributed by atoms with Gasteiger partial charge in [-0.3, -0.25) is 14.5 Å². The zero-order valence-corrected chi connectivity index (χ0v) is 10.7. The Hall–Kier alpha value is -1.40. The molecule has 0 bridgehead atoms. The minimum absolute atomic E-state index is 0.0767. The molecule has 1 aromatic rings. The monoisotopic (exact) mass is 269 g/mol. The highest BCUT2D eigenvalue weighted by Gasteiger charge is 2.29. The third-order valence-corrected chi connectivity index (χ3v) is 4.13. The average molecular weight is 269 g/mol. The lowest BCUT2D eigenvalue weighted by Gasteiger charge is -2.32. The summed E-state index contributed by atoms with van der Waals surface area (Å²) in [6.07, 6.45) is 2.82. The Morgan fingerprint density at radius 3 is 2.61 bits per heavy atom. The number of hydrogen-bond donors (Lipinski definition) is 2. The molecular formula is C12H15NO4S. The summed E-state index contributed by atoms with van der Waals surface area (Å²) >= 11 is 1.66. The molecule has 0 spiro atoms. The van der Waals surface area contributed by atoms with Gasteiger partial charge in [-0.25, -0.2) is 0 Å². The van der Waals surface area contributed by atoms with Crippen LogP contribution in [0, 0.1) is 0 Å². The van der Waals surface area contributed by atoms with Crippen molar-refractivity contribution in [3.63, 3.8) is 0 Å². The number of thiophene rings is 1. The second kappa shape index (κ2) is 5.49. The van der Waals surface area contributed by atoms with Crippen molar-refractivity contribution in [3.8, 4) is 0 Å². The Bertz CT molecular complexity index is 441. The Kier molecular flexibility index (Phi) is 3.98. The Balaban J connectivity index is 2.21. The summed E-state index contributed by atoms with van der Waals surface area (Å²) in [6.45, 7) is -0.460. The fourth-order valence-corrected chi connectivity index (χ4v) is 3.45. The molecule has 1 aliphatic rings. The van der Waals surface area contributed by atoms with Gasteiger partial charge in [-0.1, -0.05) is 0 Å². The molecule has 1 aliphatic carbocycles. The molecule has 0 fully saturated rings. The smallest absolute Gasteiger partial charge is 0.317 e. The third-order valence-electron chi connectivity index (χ3n) is 3.14. The number of hydrogen-bond acceptors (Lipinski definition) is 4. The lowest BCUT2D eigenvalue weighted by atomic mass is 9.92. The van der Waals surface area contributed by atoms with Gasteiger partial charge in [0.1, 0.15) is 0 Å². The molecule has 0 aliphatic heterocycles. The molecule has 0 amide bonds. The summed E-state index contributed by atoms with van der Waals surface area (Å²) < 4.78 is 0. The number of carboxylic acids is 2. The summed E-state index contributed by atoms with van der Waals surface area (Å²) in [5, 5.41) is 19.8. The number of aliphatic carboxylic acids is 2. The summed E-state index contributed by atoms with van der Waals surface area (Å²) in [5.74, 6) is -1.97. The maximum atomic E-state index is 10.9. The van der Waals surface area contributed by atoms with E-state index in [4.69, 9.17) is 10.2 Å². The van der Waals surface area contributed by atoms with Crippen molar-refractivity contribution < 1.29 is 19.8 Å². The number of rotatable bonds is 5. The van der Waals surface area contributed by atoms with E-state index in [1.165, 1.54) is 9.78 Å². The van der Waals surface area contributed by atoms with Gasteiger partial charge in [0.2, 0.25) is 0 Å². The largest absolute Gasteiger partial charge is 0.480 e. The summed E-state index contributed by atoms with van der Waals surface area (Å²) in [4.78, 5) is 24.5. The van der Waals surface area contributed by atoms with E-state index in [0.29, 0.717) is 0 Å². The van der Waals surface area contributed by atoms with E-state index in [2.05, 4.69) is 0 Å². The first-order valence-corrected chi connectivity index (χ1v) is 6.70. The molecule has 0 radical (unpaired) electrons. The van der Waals surface area contributed by atoms with Gasteiger partial charge in [-0.15, -0.1) is 11.3 Å². The predicted molar refractivity (Wildman–Crippen MR) is 66.8 cm³/mol. The maximum absolute atomic E-state index is 10.9. The molecular weight excluding hydrogens is 254 g/mol. The Morgan fingerprint density at radius 2 is 2.00 bits per heavy atom. The first kappa shape index (κ1) is 13.0. The molecule has 2 rings (SSSR count). The quantitative estimate of drug-likeness (QED) is 0.849. The molecule has 0 saturated carbocycles. The third kappa shape index (κ3) is 2.88. The molecule has 98 valence electrons. The molecule has 2 N–H and O–H groups in total. The lowest BCUT2D eigenvalue weighted by molar-refractivity contribution is -0.143. The molecule has 0 saturated heterocycles. The van der Waals surface area contributed by atoms with Crippen LogP contribution in [0.3, 0.4) is 0 Å². The van der Waals surface area contributed by atoms with Crippen LogP contribution in [0.2, 0.25) is 0 Å². The molecule has 1 atom stereocenters. The summed E-state index contributed by atoms with van der Waals surface area (Å²) in [5.41, 5.74) is 1.11. The molecule has 1 heterocycles.